The summed E-state index contributed by atoms with van der Waals surface area (Å²) in [5.41, 5.74) is 3.12. The summed E-state index contributed by atoms with van der Waals surface area (Å²) in [6.45, 7) is 4.49. The molecular weight excluding hydrogens is 338 g/mol. The van der Waals surface area contributed by atoms with E-state index < -0.39 is 0 Å². The topological polar surface area (TPSA) is 20.9 Å². The van der Waals surface area contributed by atoms with Gasteiger partial charge < -0.3 is 17.0 Å². The van der Waals surface area contributed by atoms with Crippen molar-refractivity contribution in [1.82, 2.24) is 0 Å². The van der Waals surface area contributed by atoms with E-state index in [1.165, 1.54) is 5.56 Å². The van der Waals surface area contributed by atoms with Crippen LogP contribution in [0.2, 0.25) is 0 Å². The van der Waals surface area contributed by atoms with Gasteiger partial charge in [-0.25, -0.2) is 0 Å². The number of pyridine rings is 1. The predicted octanol–water partition coefficient (Wildman–Crippen LogP) is 0.631. The third-order valence-electron chi connectivity index (χ3n) is 4.02. The maximum Gasteiger partial charge on any atom is 0.228 e. The molecular formula is C19H18BrNO. The van der Waals surface area contributed by atoms with Crippen molar-refractivity contribution < 1.29 is 26.3 Å². The molecule has 0 saturated heterocycles. The molecule has 3 aromatic rings. The number of ketones is 1. The van der Waals surface area contributed by atoms with Gasteiger partial charge in [-0.15, -0.1) is 0 Å². The summed E-state index contributed by atoms with van der Waals surface area (Å²) in [7, 11) is 0. The zero-order valence-corrected chi connectivity index (χ0v) is 14.3. The number of hydrogen-bond acceptors (Lipinski definition) is 1. The number of aryl methyl sites for hydroxylation is 1. The molecule has 0 aliphatic carbocycles. The zero-order valence-electron chi connectivity index (χ0n) is 12.7. The number of carbonyl (C=O) groups is 1. The highest BCUT2D eigenvalue weighted by molar-refractivity contribution is 6.07. The van der Waals surface area contributed by atoms with Gasteiger partial charge in [0.05, 0.1) is 0 Å². The molecule has 0 spiro atoms. The fourth-order valence-corrected chi connectivity index (χ4v) is 2.63. The maximum absolute atomic E-state index is 12.7. The second-order valence-corrected chi connectivity index (χ2v) is 5.35. The van der Waals surface area contributed by atoms with Gasteiger partial charge in [-0.05, 0) is 23.8 Å². The van der Waals surface area contributed by atoms with Crippen molar-refractivity contribution in [1.29, 1.82) is 0 Å². The Morgan fingerprint density at radius 2 is 1.68 bits per heavy atom. The van der Waals surface area contributed by atoms with E-state index in [-0.39, 0.29) is 22.8 Å². The molecule has 2 aromatic carbocycles. The molecule has 3 heteroatoms. The normalized spacial score (nSPS) is 10.3. The van der Waals surface area contributed by atoms with Crippen molar-refractivity contribution in [3.63, 3.8) is 0 Å². The van der Waals surface area contributed by atoms with Crippen LogP contribution in [0.25, 0.3) is 10.8 Å². The summed E-state index contributed by atoms with van der Waals surface area (Å²) in [4.78, 5) is 12.7. The first-order valence-electron chi connectivity index (χ1n) is 7.13. The van der Waals surface area contributed by atoms with Crippen LogP contribution in [0.3, 0.4) is 0 Å². The van der Waals surface area contributed by atoms with Crippen LogP contribution in [0.15, 0.2) is 60.8 Å². The lowest BCUT2D eigenvalue weighted by molar-refractivity contribution is -0.689. The van der Waals surface area contributed by atoms with Crippen molar-refractivity contribution in [3.8, 4) is 0 Å². The summed E-state index contributed by atoms with van der Waals surface area (Å²) in [6.07, 6.45) is 1.96. The molecule has 0 unspecified atom stereocenters. The van der Waals surface area contributed by atoms with Gasteiger partial charge in [-0.3, -0.25) is 4.79 Å². The highest BCUT2D eigenvalue weighted by Crippen LogP contribution is 2.19. The smallest absolute Gasteiger partial charge is 0.228 e. The van der Waals surface area contributed by atoms with Gasteiger partial charge in [0.1, 0.15) is 0 Å². The van der Waals surface area contributed by atoms with Gasteiger partial charge in [0.25, 0.3) is 0 Å². The van der Waals surface area contributed by atoms with Gasteiger partial charge in [-0.2, -0.15) is 4.57 Å². The van der Waals surface area contributed by atoms with Crippen LogP contribution in [-0.4, -0.2) is 5.78 Å². The van der Waals surface area contributed by atoms with E-state index in [0.717, 1.165) is 22.0 Å². The Bertz CT molecular complexity index is 821. The van der Waals surface area contributed by atoms with Crippen LogP contribution < -0.4 is 21.5 Å². The summed E-state index contributed by atoms with van der Waals surface area (Å²) < 4.78 is 2.01. The summed E-state index contributed by atoms with van der Waals surface area (Å²) in [5.74, 6) is 0.144. The largest absolute Gasteiger partial charge is 1.00 e. The van der Waals surface area contributed by atoms with Crippen LogP contribution >= 0.6 is 0 Å². The standard InChI is InChI=1S/C19H18NO.BrH/c1-14-7-6-12-20(15(14)2)13-19(21)18-11-5-9-16-8-3-4-10-17(16)18;/h3-12H,13H2,1-2H3;1H/q+1;/p-1. The molecule has 0 amide bonds. The minimum absolute atomic E-state index is 0. The SMILES string of the molecule is Cc1ccc[n+](CC(=O)c2cccc3ccccc23)c1C.[Br-]. The predicted molar refractivity (Wildman–Crippen MR) is 84.4 cm³/mol. The Labute approximate surface area is 141 Å². The van der Waals surface area contributed by atoms with E-state index in [0.29, 0.717) is 6.54 Å². The molecule has 0 saturated carbocycles. The van der Waals surface area contributed by atoms with Gasteiger partial charge in [0.15, 0.2) is 11.9 Å². The molecule has 0 radical (unpaired) electrons. The van der Waals surface area contributed by atoms with E-state index in [4.69, 9.17) is 0 Å². The minimum atomic E-state index is 0. The van der Waals surface area contributed by atoms with Crippen molar-refractivity contribution in [2.24, 2.45) is 0 Å². The van der Waals surface area contributed by atoms with Gasteiger partial charge in [-0.1, -0.05) is 42.5 Å². The highest BCUT2D eigenvalue weighted by Gasteiger charge is 2.17. The number of nitrogens with zero attached hydrogens (tertiary/aromatic N) is 1. The molecule has 0 aliphatic rings. The molecule has 0 bridgehead atoms. The first-order chi connectivity index (χ1) is 10.2. The van der Waals surface area contributed by atoms with E-state index in [1.54, 1.807) is 0 Å². The summed E-state index contributed by atoms with van der Waals surface area (Å²) in [5, 5.41) is 2.13. The lowest BCUT2D eigenvalue weighted by atomic mass is 10.0. The maximum atomic E-state index is 12.7. The Hall–Kier alpha value is -2.00. The summed E-state index contributed by atoms with van der Waals surface area (Å²) in [6, 6.07) is 18.0. The van der Waals surface area contributed by atoms with Crippen molar-refractivity contribution in [2.75, 3.05) is 0 Å². The summed E-state index contributed by atoms with van der Waals surface area (Å²) >= 11 is 0. The fourth-order valence-electron chi connectivity index (χ4n) is 2.63. The van der Waals surface area contributed by atoms with Crippen molar-refractivity contribution in [3.05, 3.63) is 77.6 Å². The molecule has 3 rings (SSSR count). The van der Waals surface area contributed by atoms with E-state index >= 15 is 0 Å². The van der Waals surface area contributed by atoms with Crippen molar-refractivity contribution >= 4 is 16.6 Å². The third-order valence-corrected chi connectivity index (χ3v) is 4.02. The average Bonchev–Trinajstić information content (AvgIpc) is 2.51. The molecule has 0 fully saturated rings. The first-order valence-corrected chi connectivity index (χ1v) is 7.13. The van der Waals surface area contributed by atoms with Crippen LogP contribution in [0.1, 0.15) is 21.6 Å². The zero-order chi connectivity index (χ0) is 14.8. The fraction of sp³-hybridized carbons (Fsp3) is 0.158. The molecule has 0 atom stereocenters. The second kappa shape index (κ2) is 6.84. The Morgan fingerprint density at radius 3 is 2.50 bits per heavy atom. The highest BCUT2D eigenvalue weighted by atomic mass is 79.9. The molecule has 0 aliphatic heterocycles. The lowest BCUT2D eigenvalue weighted by Crippen LogP contribution is -3.00. The quantitative estimate of drug-likeness (QED) is 0.498. The Kier molecular flexibility index (Phi) is 5.09. The number of benzene rings is 2. The molecule has 2 nitrogen and oxygen atoms in total. The van der Waals surface area contributed by atoms with Gasteiger partial charge in [0, 0.05) is 24.1 Å². The third kappa shape index (κ3) is 3.09. The Balaban J connectivity index is 0.00000176. The molecule has 1 heterocycles. The number of carbonyl (C=O) groups excluding carboxylic acids is 1. The van der Waals surface area contributed by atoms with E-state index in [2.05, 4.69) is 13.0 Å². The van der Waals surface area contributed by atoms with E-state index in [1.807, 2.05) is 66.2 Å². The number of aromatic nitrogens is 1. The minimum Gasteiger partial charge on any atom is -1.00 e. The number of rotatable bonds is 3. The van der Waals surface area contributed by atoms with Gasteiger partial charge in [0.2, 0.25) is 12.3 Å². The molecule has 112 valence electrons. The number of halogens is 1. The number of hydrogen-bond donors (Lipinski definition) is 0. The average molecular weight is 356 g/mol. The Morgan fingerprint density at radius 1 is 0.955 bits per heavy atom. The first kappa shape index (κ1) is 16.4. The molecule has 0 N–H and O–H groups in total. The second-order valence-electron chi connectivity index (χ2n) is 5.35. The number of fused-ring (bicyclic) bond motifs is 1. The van der Waals surface area contributed by atoms with Crippen LogP contribution in [0, 0.1) is 13.8 Å². The van der Waals surface area contributed by atoms with Crippen LogP contribution in [-0.2, 0) is 6.54 Å². The van der Waals surface area contributed by atoms with E-state index in [9.17, 15) is 4.79 Å². The number of Topliss-reactive ketones (excluding diaryl/α,β-unsaturated/α-hetero) is 1. The molecule has 1 aromatic heterocycles. The van der Waals surface area contributed by atoms with Crippen LogP contribution in [0.4, 0.5) is 0 Å². The van der Waals surface area contributed by atoms with Crippen molar-refractivity contribution in [2.45, 2.75) is 20.4 Å². The van der Waals surface area contributed by atoms with Gasteiger partial charge >= 0.3 is 0 Å². The monoisotopic (exact) mass is 355 g/mol. The van der Waals surface area contributed by atoms with Crippen LogP contribution in [0.5, 0.6) is 0 Å². The molecule has 22 heavy (non-hydrogen) atoms. The lowest BCUT2D eigenvalue weighted by Gasteiger charge is -2.05.